The molecule has 0 fully saturated rings. The lowest BCUT2D eigenvalue weighted by atomic mass is 9.99. The third-order valence-corrected chi connectivity index (χ3v) is 6.14. The van der Waals surface area contributed by atoms with Crippen molar-refractivity contribution in [3.8, 4) is 0 Å². The summed E-state index contributed by atoms with van der Waals surface area (Å²) in [6, 6.07) is 9.65. The van der Waals surface area contributed by atoms with Crippen molar-refractivity contribution < 1.29 is 23.9 Å². The number of ketones is 1. The first-order valence-corrected chi connectivity index (χ1v) is 13.6. The summed E-state index contributed by atoms with van der Waals surface area (Å²) >= 11 is 0. The third-order valence-electron chi connectivity index (χ3n) is 6.14. The molecule has 6 heteroatoms. The molecule has 0 aliphatic heterocycles. The van der Waals surface area contributed by atoms with Crippen molar-refractivity contribution in [3.63, 3.8) is 0 Å². The zero-order chi connectivity index (χ0) is 25.7. The first kappa shape index (κ1) is 30.7. The Kier molecular flexibility index (Phi) is 17.4. The molecule has 2 atom stereocenters. The number of unbranched alkanes of at least 4 members (excludes halogenated alkanes) is 4. The summed E-state index contributed by atoms with van der Waals surface area (Å²) in [5, 5.41) is 3.00. The van der Waals surface area contributed by atoms with Crippen LogP contribution in [0, 0.1) is 0 Å². The van der Waals surface area contributed by atoms with Crippen LogP contribution < -0.4 is 5.32 Å². The second-order valence-electron chi connectivity index (χ2n) is 9.45. The van der Waals surface area contributed by atoms with Gasteiger partial charge in [0.15, 0.2) is 0 Å². The Morgan fingerprint density at radius 2 is 1.37 bits per heavy atom. The summed E-state index contributed by atoms with van der Waals surface area (Å²) in [6.07, 6.45) is 11.9. The summed E-state index contributed by atoms with van der Waals surface area (Å²) in [5.74, 6) is -0.0131. The van der Waals surface area contributed by atoms with Crippen molar-refractivity contribution >= 4 is 17.8 Å². The van der Waals surface area contributed by atoms with E-state index < -0.39 is 6.09 Å². The molecule has 0 heterocycles. The van der Waals surface area contributed by atoms with Gasteiger partial charge in [-0.1, -0.05) is 76.3 Å². The molecule has 0 radical (unpaired) electrons. The maximum absolute atomic E-state index is 12.4. The smallest absolute Gasteiger partial charge is 0.407 e. The van der Waals surface area contributed by atoms with Crippen LogP contribution >= 0.6 is 0 Å². The van der Waals surface area contributed by atoms with Crippen molar-refractivity contribution in [2.75, 3.05) is 0 Å². The molecule has 198 valence electrons. The fourth-order valence-corrected chi connectivity index (χ4v) is 4.18. The molecule has 35 heavy (non-hydrogen) atoms. The Morgan fingerprint density at radius 1 is 0.800 bits per heavy atom. The molecule has 6 nitrogen and oxygen atoms in total. The summed E-state index contributed by atoms with van der Waals surface area (Å²) < 4.78 is 10.8. The Bertz CT molecular complexity index is 706. The first-order valence-electron chi connectivity index (χ1n) is 13.6. The molecule has 2 unspecified atom stereocenters. The van der Waals surface area contributed by atoms with Gasteiger partial charge in [-0.15, -0.1) is 0 Å². The van der Waals surface area contributed by atoms with Crippen LogP contribution in [0.5, 0.6) is 0 Å². The van der Waals surface area contributed by atoms with E-state index in [1.54, 1.807) is 0 Å². The number of ether oxygens (including phenoxy) is 2. The van der Waals surface area contributed by atoms with Crippen LogP contribution in [0.25, 0.3) is 0 Å². The second-order valence-corrected chi connectivity index (χ2v) is 9.45. The van der Waals surface area contributed by atoms with Crippen molar-refractivity contribution in [2.45, 2.75) is 129 Å². The Hall–Kier alpha value is -2.37. The maximum Gasteiger partial charge on any atom is 0.407 e. The van der Waals surface area contributed by atoms with E-state index in [2.05, 4.69) is 19.2 Å². The van der Waals surface area contributed by atoms with E-state index in [0.717, 1.165) is 82.6 Å². The minimum absolute atomic E-state index is 0.0181. The zero-order valence-corrected chi connectivity index (χ0v) is 22.2. The van der Waals surface area contributed by atoms with Gasteiger partial charge in [0, 0.05) is 25.8 Å². The molecule has 0 aliphatic carbocycles. The number of hydrogen-bond acceptors (Lipinski definition) is 5. The average Bonchev–Trinajstić information content (AvgIpc) is 2.83. The largest absolute Gasteiger partial charge is 0.463 e. The van der Waals surface area contributed by atoms with Crippen molar-refractivity contribution in [2.24, 2.45) is 0 Å². The van der Waals surface area contributed by atoms with Gasteiger partial charge in [0.1, 0.15) is 18.5 Å². The van der Waals surface area contributed by atoms with E-state index in [0.29, 0.717) is 12.8 Å². The van der Waals surface area contributed by atoms with Gasteiger partial charge in [-0.05, 0) is 50.5 Å². The summed E-state index contributed by atoms with van der Waals surface area (Å²) in [7, 11) is 0. The highest BCUT2D eigenvalue weighted by molar-refractivity contribution is 5.78. The van der Waals surface area contributed by atoms with Gasteiger partial charge in [0.2, 0.25) is 0 Å². The lowest BCUT2D eigenvalue weighted by Crippen LogP contribution is -2.35. The van der Waals surface area contributed by atoms with Crippen LogP contribution in [-0.2, 0) is 25.7 Å². The zero-order valence-electron chi connectivity index (χ0n) is 22.2. The molecule has 0 aromatic heterocycles. The SMILES string of the molecule is CCCCCC(CCCC(=O)CCCC(CCCCC)OC(C)=O)NC(=O)OCc1ccccc1. The Labute approximate surface area is 212 Å². The predicted molar refractivity (Wildman–Crippen MR) is 140 cm³/mol. The highest BCUT2D eigenvalue weighted by atomic mass is 16.5. The van der Waals surface area contributed by atoms with Gasteiger partial charge in [-0.2, -0.15) is 0 Å². The normalized spacial score (nSPS) is 12.5. The number of nitrogens with one attached hydrogen (secondary N) is 1. The van der Waals surface area contributed by atoms with E-state index in [-0.39, 0.29) is 30.5 Å². The fraction of sp³-hybridized carbons (Fsp3) is 0.690. The Balaban J connectivity index is 2.35. The quantitative estimate of drug-likeness (QED) is 0.154. The third kappa shape index (κ3) is 16.8. The number of rotatable bonds is 20. The lowest BCUT2D eigenvalue weighted by Gasteiger charge is -2.19. The molecule has 0 bridgehead atoms. The number of benzene rings is 1. The lowest BCUT2D eigenvalue weighted by molar-refractivity contribution is -0.147. The van der Waals surface area contributed by atoms with Crippen LogP contribution in [0.1, 0.15) is 116 Å². The minimum atomic E-state index is -0.402. The fourth-order valence-electron chi connectivity index (χ4n) is 4.18. The molecule has 0 aliphatic rings. The molecule has 0 spiro atoms. The van der Waals surface area contributed by atoms with Crippen LogP contribution in [-0.4, -0.2) is 30.0 Å². The second kappa shape index (κ2) is 19.9. The standard InChI is InChI=1S/C29H47NO5/c1-4-6-9-17-26(30-29(33)34-23-25-15-11-8-12-16-25)18-13-19-27(32)20-14-22-28(35-24(3)31)21-10-7-5-2/h8,11-12,15-16,26,28H,4-7,9-10,13-14,17-23H2,1-3H3,(H,30,33). The highest BCUT2D eigenvalue weighted by Crippen LogP contribution is 2.16. The number of amides is 1. The molecular weight excluding hydrogens is 442 g/mol. The molecule has 1 N–H and O–H groups in total. The molecule has 1 aromatic rings. The van der Waals surface area contributed by atoms with Gasteiger partial charge in [-0.3, -0.25) is 9.59 Å². The summed E-state index contributed by atoms with van der Waals surface area (Å²) in [6.45, 7) is 6.00. The number of esters is 1. The average molecular weight is 490 g/mol. The minimum Gasteiger partial charge on any atom is -0.463 e. The van der Waals surface area contributed by atoms with Gasteiger partial charge in [0.05, 0.1) is 0 Å². The first-order chi connectivity index (χ1) is 16.9. The molecule has 1 rings (SSSR count). The van der Waals surface area contributed by atoms with Gasteiger partial charge >= 0.3 is 12.1 Å². The van der Waals surface area contributed by atoms with E-state index in [1.807, 2.05) is 30.3 Å². The van der Waals surface area contributed by atoms with Gasteiger partial charge in [0.25, 0.3) is 0 Å². The van der Waals surface area contributed by atoms with Crippen LogP contribution in [0.3, 0.4) is 0 Å². The molecule has 1 aromatic carbocycles. The monoisotopic (exact) mass is 489 g/mol. The van der Waals surface area contributed by atoms with E-state index >= 15 is 0 Å². The number of carbonyl (C=O) groups excluding carboxylic acids is 3. The molecular formula is C29H47NO5. The molecule has 0 saturated carbocycles. The van der Waals surface area contributed by atoms with Crippen molar-refractivity contribution in [3.05, 3.63) is 35.9 Å². The van der Waals surface area contributed by atoms with Gasteiger partial charge < -0.3 is 14.8 Å². The van der Waals surface area contributed by atoms with Crippen LogP contribution in [0.15, 0.2) is 30.3 Å². The molecule has 1 amide bonds. The number of hydrogen-bond donors (Lipinski definition) is 1. The highest BCUT2D eigenvalue weighted by Gasteiger charge is 2.15. The molecule has 0 saturated heterocycles. The maximum atomic E-state index is 12.4. The van der Waals surface area contributed by atoms with E-state index in [9.17, 15) is 14.4 Å². The van der Waals surface area contributed by atoms with E-state index in [1.165, 1.54) is 6.92 Å². The van der Waals surface area contributed by atoms with Crippen LogP contribution in [0.2, 0.25) is 0 Å². The van der Waals surface area contributed by atoms with E-state index in [4.69, 9.17) is 9.47 Å². The van der Waals surface area contributed by atoms with Crippen molar-refractivity contribution in [1.82, 2.24) is 5.32 Å². The predicted octanol–water partition coefficient (Wildman–Crippen LogP) is 7.28. The number of carbonyl (C=O) groups is 3. The number of Topliss-reactive ketones (excluding diaryl/α,β-unsaturated/α-hetero) is 1. The van der Waals surface area contributed by atoms with Gasteiger partial charge in [-0.25, -0.2) is 4.79 Å². The van der Waals surface area contributed by atoms with Crippen LogP contribution in [0.4, 0.5) is 4.79 Å². The number of alkyl carbamates (subject to hydrolysis) is 1. The topological polar surface area (TPSA) is 81.7 Å². The Morgan fingerprint density at radius 3 is 2.00 bits per heavy atom. The summed E-state index contributed by atoms with van der Waals surface area (Å²) in [4.78, 5) is 36.1. The summed E-state index contributed by atoms with van der Waals surface area (Å²) in [5.41, 5.74) is 0.956. The van der Waals surface area contributed by atoms with Crippen molar-refractivity contribution in [1.29, 1.82) is 0 Å².